The van der Waals surface area contributed by atoms with Gasteiger partial charge < -0.3 is 15.2 Å². The van der Waals surface area contributed by atoms with Crippen LogP contribution in [0.25, 0.3) is 17.0 Å². The zero-order valence-corrected chi connectivity index (χ0v) is 14.8. The van der Waals surface area contributed by atoms with E-state index < -0.39 is 0 Å². The second kappa shape index (κ2) is 7.43. The number of nitrogens with zero attached hydrogens (tertiary/aromatic N) is 4. The van der Waals surface area contributed by atoms with E-state index in [2.05, 4.69) is 20.4 Å². The van der Waals surface area contributed by atoms with Crippen molar-refractivity contribution in [2.75, 3.05) is 18.5 Å². The van der Waals surface area contributed by atoms with Gasteiger partial charge in [-0.25, -0.2) is 4.98 Å². The third kappa shape index (κ3) is 3.58. The predicted molar refractivity (Wildman–Crippen MR) is 103 cm³/mol. The van der Waals surface area contributed by atoms with Crippen molar-refractivity contribution in [1.82, 2.24) is 19.6 Å². The van der Waals surface area contributed by atoms with E-state index in [0.29, 0.717) is 5.78 Å². The lowest BCUT2D eigenvalue weighted by Gasteiger charge is -2.13. The van der Waals surface area contributed by atoms with Crippen molar-refractivity contribution in [3.8, 4) is 17.0 Å². The zero-order chi connectivity index (χ0) is 18.6. The van der Waals surface area contributed by atoms with Gasteiger partial charge in [-0.15, -0.1) is 0 Å². The molecule has 0 amide bonds. The topological polar surface area (TPSA) is 84.6 Å². The molecule has 0 saturated heterocycles. The first-order valence-corrected chi connectivity index (χ1v) is 8.62. The van der Waals surface area contributed by atoms with E-state index in [1.165, 1.54) is 6.33 Å². The maximum atomic E-state index is 8.91. The number of anilines is 2. The van der Waals surface area contributed by atoms with E-state index in [0.717, 1.165) is 34.1 Å². The van der Waals surface area contributed by atoms with Crippen LogP contribution in [0.15, 0.2) is 60.9 Å². The minimum atomic E-state index is -0.0109. The molecule has 0 unspecified atom stereocenters. The first kappa shape index (κ1) is 17.0. The first-order chi connectivity index (χ1) is 13.2. The standard InChI is InChI=1S/C20H19N5O2/c1-14-11-16(7-8-18(14)27-10-9-26)23-19-12-17(15-5-3-2-4-6-15)24-20-21-13-22-25(19)20/h2-8,11-13,23,26H,9-10H2,1H3. The van der Waals surface area contributed by atoms with Gasteiger partial charge in [0.25, 0.3) is 5.78 Å². The second-order valence-corrected chi connectivity index (χ2v) is 6.04. The first-order valence-electron chi connectivity index (χ1n) is 8.62. The summed E-state index contributed by atoms with van der Waals surface area (Å²) in [6, 6.07) is 17.7. The minimum absolute atomic E-state index is 0.0109. The molecule has 4 rings (SSSR count). The van der Waals surface area contributed by atoms with Crippen LogP contribution in [0.5, 0.6) is 5.75 Å². The van der Waals surface area contributed by atoms with Gasteiger partial charge in [-0.1, -0.05) is 30.3 Å². The molecule has 0 fully saturated rings. The van der Waals surface area contributed by atoms with Crippen LogP contribution in [0, 0.1) is 6.92 Å². The summed E-state index contributed by atoms with van der Waals surface area (Å²) in [6.45, 7) is 2.23. The van der Waals surface area contributed by atoms with Crippen LogP contribution in [0.1, 0.15) is 5.56 Å². The number of rotatable bonds is 6. The molecular weight excluding hydrogens is 342 g/mol. The third-order valence-electron chi connectivity index (χ3n) is 4.12. The van der Waals surface area contributed by atoms with E-state index in [4.69, 9.17) is 9.84 Å². The fourth-order valence-electron chi connectivity index (χ4n) is 2.85. The number of aliphatic hydroxyl groups excluding tert-OH is 1. The number of benzene rings is 2. The van der Waals surface area contributed by atoms with Crippen LogP contribution in [-0.4, -0.2) is 37.9 Å². The van der Waals surface area contributed by atoms with Gasteiger partial charge in [-0.05, 0) is 30.7 Å². The normalized spacial score (nSPS) is 10.9. The maximum Gasteiger partial charge on any atom is 0.254 e. The number of ether oxygens (including phenoxy) is 1. The van der Waals surface area contributed by atoms with Crippen LogP contribution >= 0.6 is 0 Å². The summed E-state index contributed by atoms with van der Waals surface area (Å²) in [6.07, 6.45) is 1.49. The molecule has 0 spiro atoms. The summed E-state index contributed by atoms with van der Waals surface area (Å²) in [5.41, 5.74) is 3.69. The Balaban J connectivity index is 1.69. The minimum Gasteiger partial charge on any atom is -0.491 e. The lowest BCUT2D eigenvalue weighted by atomic mass is 10.1. The molecule has 7 heteroatoms. The molecule has 0 aliphatic rings. The Labute approximate surface area is 156 Å². The van der Waals surface area contributed by atoms with Crippen LogP contribution in [0.4, 0.5) is 11.5 Å². The highest BCUT2D eigenvalue weighted by Crippen LogP contribution is 2.27. The molecule has 0 saturated carbocycles. The van der Waals surface area contributed by atoms with Gasteiger partial charge >= 0.3 is 0 Å². The average Bonchev–Trinajstić information content (AvgIpc) is 3.17. The molecule has 0 atom stereocenters. The van der Waals surface area contributed by atoms with Gasteiger partial charge in [0.1, 0.15) is 24.5 Å². The largest absolute Gasteiger partial charge is 0.491 e. The summed E-state index contributed by atoms with van der Waals surface area (Å²) in [7, 11) is 0. The lowest BCUT2D eigenvalue weighted by Crippen LogP contribution is -2.04. The molecule has 136 valence electrons. The maximum absolute atomic E-state index is 8.91. The molecule has 4 aromatic rings. The predicted octanol–water partition coefficient (Wildman–Crippen LogP) is 3.21. The molecule has 2 N–H and O–H groups in total. The van der Waals surface area contributed by atoms with E-state index in [9.17, 15) is 0 Å². The molecular formula is C20H19N5O2. The Morgan fingerprint density at radius 1 is 1.11 bits per heavy atom. The van der Waals surface area contributed by atoms with Crippen molar-refractivity contribution in [2.24, 2.45) is 0 Å². The number of nitrogens with one attached hydrogen (secondary N) is 1. The van der Waals surface area contributed by atoms with Crippen molar-refractivity contribution in [2.45, 2.75) is 6.92 Å². The van der Waals surface area contributed by atoms with Crippen molar-refractivity contribution in [3.63, 3.8) is 0 Å². The molecule has 0 radical (unpaired) electrons. The fourth-order valence-corrected chi connectivity index (χ4v) is 2.85. The Kier molecular flexibility index (Phi) is 4.67. The van der Waals surface area contributed by atoms with Gasteiger partial charge in [0.15, 0.2) is 0 Å². The molecule has 7 nitrogen and oxygen atoms in total. The highest BCUT2D eigenvalue weighted by molar-refractivity contribution is 5.68. The number of hydrogen-bond donors (Lipinski definition) is 2. The molecule has 2 aromatic carbocycles. The molecule has 2 heterocycles. The Morgan fingerprint density at radius 3 is 2.74 bits per heavy atom. The summed E-state index contributed by atoms with van der Waals surface area (Å²) >= 11 is 0. The summed E-state index contributed by atoms with van der Waals surface area (Å²) < 4.78 is 7.18. The third-order valence-corrected chi connectivity index (χ3v) is 4.12. The highest BCUT2D eigenvalue weighted by atomic mass is 16.5. The van der Waals surface area contributed by atoms with E-state index in [-0.39, 0.29) is 13.2 Å². The molecule has 27 heavy (non-hydrogen) atoms. The van der Waals surface area contributed by atoms with Gasteiger partial charge in [0.2, 0.25) is 0 Å². The van der Waals surface area contributed by atoms with Gasteiger partial charge in [0, 0.05) is 17.3 Å². The van der Waals surface area contributed by atoms with Gasteiger partial charge in [-0.3, -0.25) is 0 Å². The van der Waals surface area contributed by atoms with Crippen molar-refractivity contribution >= 4 is 17.3 Å². The lowest BCUT2D eigenvalue weighted by molar-refractivity contribution is 0.200. The number of fused-ring (bicyclic) bond motifs is 1. The Bertz CT molecular complexity index is 1060. The van der Waals surface area contributed by atoms with Crippen LogP contribution in [-0.2, 0) is 0 Å². The number of aromatic nitrogens is 4. The molecule has 0 aliphatic heterocycles. The smallest absolute Gasteiger partial charge is 0.254 e. The van der Waals surface area contributed by atoms with E-state index >= 15 is 0 Å². The Morgan fingerprint density at radius 2 is 1.96 bits per heavy atom. The summed E-state index contributed by atoms with van der Waals surface area (Å²) in [4.78, 5) is 8.81. The monoisotopic (exact) mass is 361 g/mol. The SMILES string of the molecule is Cc1cc(Nc2cc(-c3ccccc3)nc3ncnn23)ccc1OCCO. The van der Waals surface area contributed by atoms with Crippen molar-refractivity contribution < 1.29 is 9.84 Å². The summed E-state index contributed by atoms with van der Waals surface area (Å²) in [5.74, 6) is 2.04. The van der Waals surface area contributed by atoms with Gasteiger partial charge in [0.05, 0.1) is 12.3 Å². The van der Waals surface area contributed by atoms with E-state index in [1.807, 2.05) is 61.5 Å². The second-order valence-electron chi connectivity index (χ2n) is 6.04. The average molecular weight is 361 g/mol. The Hall–Kier alpha value is -3.45. The van der Waals surface area contributed by atoms with Crippen molar-refractivity contribution in [1.29, 1.82) is 0 Å². The van der Waals surface area contributed by atoms with Crippen molar-refractivity contribution in [3.05, 3.63) is 66.5 Å². The quantitative estimate of drug-likeness (QED) is 0.549. The number of aliphatic hydroxyl groups is 1. The van der Waals surface area contributed by atoms with E-state index in [1.54, 1.807) is 4.52 Å². The zero-order valence-electron chi connectivity index (χ0n) is 14.8. The van der Waals surface area contributed by atoms with Crippen LogP contribution in [0.3, 0.4) is 0 Å². The molecule has 0 aliphatic carbocycles. The number of hydrogen-bond acceptors (Lipinski definition) is 6. The summed E-state index contributed by atoms with van der Waals surface area (Å²) in [5, 5.41) is 16.6. The van der Waals surface area contributed by atoms with Crippen LogP contribution < -0.4 is 10.1 Å². The molecule has 2 aromatic heterocycles. The fraction of sp³-hybridized carbons (Fsp3) is 0.150. The van der Waals surface area contributed by atoms with Gasteiger partial charge in [-0.2, -0.15) is 14.6 Å². The highest BCUT2D eigenvalue weighted by Gasteiger charge is 2.10. The molecule has 0 bridgehead atoms. The van der Waals surface area contributed by atoms with Crippen LogP contribution in [0.2, 0.25) is 0 Å². The number of aryl methyl sites for hydroxylation is 1.